The Labute approximate surface area is 130 Å². The highest BCUT2D eigenvalue weighted by molar-refractivity contribution is 5.93. The second-order valence-corrected chi connectivity index (χ2v) is 5.35. The van der Waals surface area contributed by atoms with Gasteiger partial charge in [0, 0.05) is 25.0 Å². The molecule has 0 unspecified atom stereocenters. The molecule has 0 radical (unpaired) electrons. The van der Waals surface area contributed by atoms with Crippen LogP contribution in [0, 0.1) is 0 Å². The zero-order valence-corrected chi connectivity index (χ0v) is 13.4. The quantitative estimate of drug-likeness (QED) is 0.778. The lowest BCUT2D eigenvalue weighted by Gasteiger charge is -2.17. The van der Waals surface area contributed by atoms with E-state index in [4.69, 9.17) is 0 Å². The van der Waals surface area contributed by atoms with Crippen molar-refractivity contribution in [3.8, 4) is 0 Å². The van der Waals surface area contributed by atoms with Crippen molar-refractivity contribution in [2.24, 2.45) is 0 Å². The number of carbonyl (C=O) groups is 1. The number of anilines is 1. The first-order valence-electron chi connectivity index (χ1n) is 7.67. The molecule has 2 aromatic rings. The molecule has 0 aliphatic rings. The van der Waals surface area contributed by atoms with Gasteiger partial charge in [-0.3, -0.25) is 9.48 Å². The molecule has 2 atom stereocenters. The maximum absolute atomic E-state index is 12.2. The number of hydrogen-bond donors (Lipinski definition) is 2. The van der Waals surface area contributed by atoms with Crippen molar-refractivity contribution in [3.63, 3.8) is 0 Å². The Balaban J connectivity index is 1.82. The maximum Gasteiger partial charge on any atom is 0.242 e. The van der Waals surface area contributed by atoms with Crippen LogP contribution < -0.4 is 10.6 Å². The number of amides is 1. The Morgan fingerprint density at radius 2 is 2.14 bits per heavy atom. The Hall–Kier alpha value is -2.15. The van der Waals surface area contributed by atoms with E-state index in [-0.39, 0.29) is 18.0 Å². The summed E-state index contributed by atoms with van der Waals surface area (Å²) >= 11 is 0. The zero-order valence-electron chi connectivity index (χ0n) is 13.4. The average molecular weight is 304 g/mol. The van der Waals surface area contributed by atoms with Crippen molar-refractivity contribution < 1.29 is 4.79 Å². The van der Waals surface area contributed by atoms with E-state index in [1.54, 1.807) is 12.4 Å². The van der Waals surface area contributed by atoms with Gasteiger partial charge in [0.05, 0.1) is 24.8 Å². The molecule has 2 heterocycles. The highest BCUT2D eigenvalue weighted by atomic mass is 16.2. The minimum atomic E-state index is -0.282. The molecule has 0 aliphatic heterocycles. The van der Waals surface area contributed by atoms with E-state index in [9.17, 15) is 4.79 Å². The van der Waals surface area contributed by atoms with E-state index in [0.29, 0.717) is 6.54 Å². The van der Waals surface area contributed by atoms with E-state index in [1.807, 2.05) is 34.6 Å². The smallest absolute Gasteiger partial charge is 0.242 e. The normalized spacial score (nSPS) is 13.8. The van der Waals surface area contributed by atoms with E-state index in [2.05, 4.69) is 34.7 Å². The molecule has 2 N–H and O–H groups in total. The summed E-state index contributed by atoms with van der Waals surface area (Å²) in [5, 5.41) is 14.5. The summed E-state index contributed by atoms with van der Waals surface area (Å²) < 4.78 is 3.67. The van der Waals surface area contributed by atoms with Crippen LogP contribution in [0.4, 0.5) is 5.82 Å². The number of nitrogens with one attached hydrogen (secondary N) is 2. The van der Waals surface area contributed by atoms with Gasteiger partial charge in [-0.2, -0.15) is 10.2 Å². The van der Waals surface area contributed by atoms with Gasteiger partial charge in [-0.1, -0.05) is 6.92 Å². The van der Waals surface area contributed by atoms with Gasteiger partial charge in [0.1, 0.15) is 5.82 Å². The Morgan fingerprint density at radius 3 is 2.82 bits per heavy atom. The molecular formula is C15H24N6O. The lowest BCUT2D eigenvalue weighted by atomic mass is 10.2. The second-order valence-electron chi connectivity index (χ2n) is 5.35. The fraction of sp³-hybridized carbons (Fsp3) is 0.533. The van der Waals surface area contributed by atoms with Gasteiger partial charge in [0.25, 0.3) is 0 Å². The fourth-order valence-corrected chi connectivity index (χ4v) is 2.09. The van der Waals surface area contributed by atoms with Gasteiger partial charge in [-0.05, 0) is 26.3 Å². The molecule has 22 heavy (non-hydrogen) atoms. The molecule has 2 rings (SSSR count). The summed E-state index contributed by atoms with van der Waals surface area (Å²) in [7, 11) is 0. The molecule has 120 valence electrons. The van der Waals surface area contributed by atoms with Crippen LogP contribution >= 0.6 is 0 Å². The zero-order chi connectivity index (χ0) is 15.9. The number of rotatable bonds is 8. The van der Waals surface area contributed by atoms with Crippen molar-refractivity contribution in [1.29, 1.82) is 0 Å². The van der Waals surface area contributed by atoms with E-state index in [1.165, 1.54) is 0 Å². The molecule has 0 saturated carbocycles. The molecule has 2 aromatic heterocycles. The maximum atomic E-state index is 12.2. The van der Waals surface area contributed by atoms with Crippen LogP contribution in [-0.2, 0) is 11.3 Å². The SMILES string of the molecule is CC[C@H](C)n1nccc1NC(=O)[C@@H](C)NCCn1cccn1. The standard InChI is InChI=1S/C15H24N6O/c1-4-12(2)21-14(6-8-18-21)19-15(22)13(3)16-9-11-20-10-5-7-17-20/h5-8,10,12-13,16H,4,9,11H2,1-3H3,(H,19,22)/t12-,13+/m0/s1. The van der Waals surface area contributed by atoms with Gasteiger partial charge in [0.15, 0.2) is 0 Å². The van der Waals surface area contributed by atoms with Crippen LogP contribution in [0.3, 0.4) is 0 Å². The van der Waals surface area contributed by atoms with Crippen LogP contribution in [0.25, 0.3) is 0 Å². The Morgan fingerprint density at radius 1 is 1.32 bits per heavy atom. The van der Waals surface area contributed by atoms with E-state index in [0.717, 1.165) is 18.8 Å². The fourth-order valence-electron chi connectivity index (χ4n) is 2.09. The van der Waals surface area contributed by atoms with Crippen LogP contribution in [0.1, 0.15) is 33.2 Å². The molecular weight excluding hydrogens is 280 g/mol. The third-order valence-corrected chi connectivity index (χ3v) is 3.67. The largest absolute Gasteiger partial charge is 0.310 e. The molecule has 0 aliphatic carbocycles. The Kier molecular flexibility index (Phi) is 5.71. The van der Waals surface area contributed by atoms with Crippen molar-refractivity contribution in [2.45, 2.75) is 45.8 Å². The summed E-state index contributed by atoms with van der Waals surface area (Å²) in [6, 6.07) is 3.68. The van der Waals surface area contributed by atoms with Crippen molar-refractivity contribution >= 4 is 11.7 Å². The number of hydrogen-bond acceptors (Lipinski definition) is 4. The Bertz CT molecular complexity index is 577. The van der Waals surface area contributed by atoms with Crippen LogP contribution in [-0.4, -0.2) is 38.1 Å². The van der Waals surface area contributed by atoms with Gasteiger partial charge in [0.2, 0.25) is 5.91 Å². The lowest BCUT2D eigenvalue weighted by Crippen LogP contribution is -2.40. The molecule has 0 saturated heterocycles. The number of aromatic nitrogens is 4. The summed E-state index contributed by atoms with van der Waals surface area (Å²) in [5.41, 5.74) is 0. The second kappa shape index (κ2) is 7.74. The van der Waals surface area contributed by atoms with Crippen molar-refractivity contribution in [2.75, 3.05) is 11.9 Å². The van der Waals surface area contributed by atoms with Crippen molar-refractivity contribution in [3.05, 3.63) is 30.7 Å². The predicted molar refractivity (Wildman–Crippen MR) is 85.6 cm³/mol. The van der Waals surface area contributed by atoms with Gasteiger partial charge in [-0.15, -0.1) is 0 Å². The van der Waals surface area contributed by atoms with Gasteiger partial charge in [-0.25, -0.2) is 4.68 Å². The van der Waals surface area contributed by atoms with E-state index >= 15 is 0 Å². The molecule has 7 heteroatoms. The minimum Gasteiger partial charge on any atom is -0.310 e. The topological polar surface area (TPSA) is 76.8 Å². The molecule has 0 spiro atoms. The van der Waals surface area contributed by atoms with Crippen LogP contribution in [0.5, 0.6) is 0 Å². The van der Waals surface area contributed by atoms with Crippen LogP contribution in [0.15, 0.2) is 30.7 Å². The number of carbonyl (C=O) groups excluding carboxylic acids is 1. The molecule has 1 amide bonds. The third kappa shape index (κ3) is 4.17. The summed E-state index contributed by atoms with van der Waals surface area (Å²) in [6.07, 6.45) is 6.31. The summed E-state index contributed by atoms with van der Waals surface area (Å²) in [4.78, 5) is 12.2. The predicted octanol–water partition coefficient (Wildman–Crippen LogP) is 1.67. The summed E-state index contributed by atoms with van der Waals surface area (Å²) in [5.74, 6) is 0.672. The highest BCUT2D eigenvalue weighted by Gasteiger charge is 2.15. The minimum absolute atomic E-state index is 0.0643. The first kappa shape index (κ1) is 16.2. The highest BCUT2D eigenvalue weighted by Crippen LogP contribution is 2.16. The van der Waals surface area contributed by atoms with Gasteiger partial charge >= 0.3 is 0 Å². The first-order chi connectivity index (χ1) is 10.6. The average Bonchev–Trinajstić information content (AvgIpc) is 3.17. The molecule has 0 aromatic carbocycles. The van der Waals surface area contributed by atoms with Gasteiger partial charge < -0.3 is 10.6 Å². The van der Waals surface area contributed by atoms with E-state index < -0.39 is 0 Å². The monoisotopic (exact) mass is 304 g/mol. The van der Waals surface area contributed by atoms with Crippen molar-refractivity contribution in [1.82, 2.24) is 24.9 Å². The molecule has 0 fully saturated rings. The summed E-state index contributed by atoms with van der Waals surface area (Å²) in [6.45, 7) is 7.44. The molecule has 7 nitrogen and oxygen atoms in total. The third-order valence-electron chi connectivity index (χ3n) is 3.67. The first-order valence-corrected chi connectivity index (χ1v) is 7.67. The van der Waals surface area contributed by atoms with Crippen LogP contribution in [0.2, 0.25) is 0 Å². The lowest BCUT2D eigenvalue weighted by molar-refractivity contribution is -0.117. The molecule has 0 bridgehead atoms. The number of nitrogens with zero attached hydrogens (tertiary/aromatic N) is 4.